The van der Waals surface area contributed by atoms with Crippen LogP contribution >= 0.6 is 0 Å². The molecular weight excluding hydrogens is 292 g/mol. The summed E-state index contributed by atoms with van der Waals surface area (Å²) in [6, 6.07) is 27.2. The minimum absolute atomic E-state index is 0.229. The summed E-state index contributed by atoms with van der Waals surface area (Å²) in [5.74, 6) is 1.28. The molecule has 0 amide bonds. The number of ketones is 1. The van der Waals surface area contributed by atoms with Crippen molar-refractivity contribution in [2.45, 2.75) is 17.8 Å². The van der Waals surface area contributed by atoms with E-state index >= 15 is 0 Å². The lowest BCUT2D eigenvalue weighted by atomic mass is 9.80. The van der Waals surface area contributed by atoms with E-state index in [2.05, 4.69) is 48.5 Å². The van der Waals surface area contributed by atoms with Crippen molar-refractivity contribution in [1.29, 1.82) is 0 Å². The smallest absolute Gasteiger partial charge is 0.171 e. The third-order valence-corrected chi connectivity index (χ3v) is 6.44. The molecule has 0 aliphatic heterocycles. The van der Waals surface area contributed by atoms with E-state index in [9.17, 15) is 4.79 Å². The van der Waals surface area contributed by atoms with Crippen molar-refractivity contribution in [1.82, 2.24) is 0 Å². The summed E-state index contributed by atoms with van der Waals surface area (Å²) in [5.41, 5.74) is 6.12. The SMILES string of the molecule is O=C(c1ccccc1)C12C3c4ccccc4[C@@H]1[C@@H]2c1ccccc13. The first-order valence-corrected chi connectivity index (χ1v) is 8.62. The van der Waals surface area contributed by atoms with Crippen LogP contribution in [0.2, 0.25) is 0 Å². The first-order chi connectivity index (χ1) is 11.8. The van der Waals surface area contributed by atoms with E-state index in [1.54, 1.807) is 0 Å². The first-order valence-electron chi connectivity index (χ1n) is 8.62. The summed E-state index contributed by atoms with van der Waals surface area (Å²) in [7, 11) is 0. The molecule has 114 valence electrons. The third-order valence-electron chi connectivity index (χ3n) is 6.44. The normalized spacial score (nSPS) is 30.4. The van der Waals surface area contributed by atoms with Gasteiger partial charge in [-0.25, -0.2) is 0 Å². The van der Waals surface area contributed by atoms with Gasteiger partial charge in [0.15, 0.2) is 5.78 Å². The fourth-order valence-corrected chi connectivity index (χ4v) is 5.69. The average Bonchev–Trinajstić information content (AvgIpc) is 3.16. The van der Waals surface area contributed by atoms with Crippen LogP contribution in [0.3, 0.4) is 0 Å². The molecule has 0 aromatic heterocycles. The number of Topliss-reactive ketones (excluding diaryl/α,β-unsaturated/α-hetero) is 1. The summed E-state index contributed by atoms with van der Waals surface area (Å²) in [5, 5.41) is 0. The fraction of sp³-hybridized carbons (Fsp3) is 0.174. The van der Waals surface area contributed by atoms with Crippen LogP contribution in [-0.2, 0) is 0 Å². The Bertz CT molecular complexity index is 948. The number of rotatable bonds is 2. The number of fused-ring (bicyclic) bond motifs is 7. The van der Waals surface area contributed by atoms with Crippen molar-refractivity contribution in [2.75, 3.05) is 0 Å². The lowest BCUT2D eigenvalue weighted by Gasteiger charge is -2.20. The molecule has 1 nitrogen and oxygen atoms in total. The molecule has 6 rings (SSSR count). The highest BCUT2D eigenvalue weighted by molar-refractivity contribution is 6.08. The Labute approximate surface area is 141 Å². The largest absolute Gasteiger partial charge is 0.293 e. The molecule has 0 N–H and O–H groups in total. The summed E-state index contributed by atoms with van der Waals surface area (Å²) in [6.07, 6.45) is 0. The molecule has 0 radical (unpaired) electrons. The van der Waals surface area contributed by atoms with E-state index in [1.807, 2.05) is 30.3 Å². The molecule has 3 aliphatic carbocycles. The van der Waals surface area contributed by atoms with Crippen LogP contribution in [0.15, 0.2) is 78.9 Å². The molecule has 3 aromatic rings. The van der Waals surface area contributed by atoms with Crippen LogP contribution in [0, 0.1) is 5.41 Å². The summed E-state index contributed by atoms with van der Waals surface area (Å²) < 4.78 is 0. The standard InChI is InChI=1S/C23H16O/c24-22(14-8-2-1-3-9-14)23-19-15-10-4-6-12-17(15)20(23)21(23)18-13-7-5-11-16(18)19/h1-13,19-21H/t19?,20-,21+,23?. The summed E-state index contributed by atoms with van der Waals surface area (Å²) in [4.78, 5) is 13.6. The van der Waals surface area contributed by atoms with Crippen LogP contribution in [0.25, 0.3) is 0 Å². The number of benzene rings is 3. The van der Waals surface area contributed by atoms with Crippen LogP contribution in [0.1, 0.15) is 50.4 Å². The van der Waals surface area contributed by atoms with Crippen LogP contribution in [0.4, 0.5) is 0 Å². The minimum Gasteiger partial charge on any atom is -0.293 e. The zero-order chi connectivity index (χ0) is 15.9. The predicted octanol–water partition coefficient (Wildman–Crippen LogP) is 4.90. The van der Waals surface area contributed by atoms with Gasteiger partial charge >= 0.3 is 0 Å². The quantitative estimate of drug-likeness (QED) is 0.616. The molecule has 4 atom stereocenters. The molecule has 0 heterocycles. The van der Waals surface area contributed by atoms with Gasteiger partial charge in [0.25, 0.3) is 0 Å². The van der Waals surface area contributed by atoms with Crippen molar-refractivity contribution in [3.05, 3.63) is 107 Å². The second-order valence-corrected chi connectivity index (χ2v) is 7.27. The van der Waals surface area contributed by atoms with E-state index in [4.69, 9.17) is 0 Å². The minimum atomic E-state index is -0.269. The number of hydrogen-bond acceptors (Lipinski definition) is 1. The van der Waals surface area contributed by atoms with Gasteiger partial charge in [0.1, 0.15) is 0 Å². The zero-order valence-corrected chi connectivity index (χ0v) is 13.1. The van der Waals surface area contributed by atoms with Crippen LogP contribution in [-0.4, -0.2) is 5.78 Å². The van der Waals surface area contributed by atoms with Crippen molar-refractivity contribution < 1.29 is 4.79 Å². The van der Waals surface area contributed by atoms with E-state index < -0.39 is 0 Å². The maximum Gasteiger partial charge on any atom is 0.171 e. The first kappa shape index (κ1) is 12.7. The Morgan fingerprint density at radius 1 is 0.625 bits per heavy atom. The fourth-order valence-electron chi connectivity index (χ4n) is 5.69. The van der Waals surface area contributed by atoms with Crippen molar-refractivity contribution in [3.8, 4) is 0 Å². The molecule has 3 aromatic carbocycles. The zero-order valence-electron chi connectivity index (χ0n) is 13.1. The lowest BCUT2D eigenvalue weighted by molar-refractivity contribution is 0.0888. The Morgan fingerprint density at radius 2 is 1.08 bits per heavy atom. The second kappa shape index (κ2) is 4.05. The Morgan fingerprint density at radius 3 is 1.62 bits per heavy atom. The molecular formula is C23H16O. The maximum absolute atomic E-state index is 13.6. The topological polar surface area (TPSA) is 17.1 Å². The van der Waals surface area contributed by atoms with Crippen molar-refractivity contribution >= 4 is 5.78 Å². The summed E-state index contributed by atoms with van der Waals surface area (Å²) in [6.45, 7) is 0. The molecule has 1 heteroatoms. The Hall–Kier alpha value is -2.67. The van der Waals surface area contributed by atoms with Gasteiger partial charge in [0.2, 0.25) is 0 Å². The van der Waals surface area contributed by atoms with Crippen LogP contribution in [0.5, 0.6) is 0 Å². The van der Waals surface area contributed by atoms with Gasteiger partial charge in [0.05, 0.1) is 5.41 Å². The van der Waals surface area contributed by atoms with Gasteiger partial charge in [-0.1, -0.05) is 78.9 Å². The Balaban J connectivity index is 1.62. The molecule has 3 aliphatic rings. The number of hydrogen-bond donors (Lipinski definition) is 0. The van der Waals surface area contributed by atoms with Gasteiger partial charge in [-0.15, -0.1) is 0 Å². The van der Waals surface area contributed by atoms with Crippen molar-refractivity contribution in [2.24, 2.45) is 5.41 Å². The van der Waals surface area contributed by atoms with Gasteiger partial charge in [0, 0.05) is 23.3 Å². The second-order valence-electron chi connectivity index (χ2n) is 7.27. The monoisotopic (exact) mass is 308 g/mol. The van der Waals surface area contributed by atoms with E-state index in [0.717, 1.165) is 5.56 Å². The number of carbonyl (C=O) groups is 1. The van der Waals surface area contributed by atoms with Crippen molar-refractivity contribution in [3.63, 3.8) is 0 Å². The lowest BCUT2D eigenvalue weighted by Crippen LogP contribution is -2.22. The molecule has 1 saturated carbocycles. The van der Waals surface area contributed by atoms with E-state index in [0.29, 0.717) is 17.6 Å². The molecule has 1 fully saturated rings. The highest BCUT2D eigenvalue weighted by Gasteiger charge is 2.80. The molecule has 0 saturated heterocycles. The highest BCUT2D eigenvalue weighted by Crippen LogP contribution is 2.86. The number of carbonyl (C=O) groups excluding carboxylic acids is 1. The Kier molecular flexibility index (Phi) is 2.14. The maximum atomic E-state index is 13.6. The predicted molar refractivity (Wildman–Crippen MR) is 93.4 cm³/mol. The van der Waals surface area contributed by atoms with Gasteiger partial charge < -0.3 is 0 Å². The van der Waals surface area contributed by atoms with Gasteiger partial charge in [-0.2, -0.15) is 0 Å². The molecule has 0 bridgehead atoms. The average molecular weight is 308 g/mol. The molecule has 0 spiro atoms. The van der Waals surface area contributed by atoms with Gasteiger partial charge in [-0.3, -0.25) is 4.79 Å². The van der Waals surface area contributed by atoms with E-state index in [-0.39, 0.29) is 11.3 Å². The third kappa shape index (κ3) is 1.21. The van der Waals surface area contributed by atoms with Gasteiger partial charge in [-0.05, 0) is 22.3 Å². The highest BCUT2D eigenvalue weighted by atomic mass is 16.1. The van der Waals surface area contributed by atoms with Crippen LogP contribution < -0.4 is 0 Å². The van der Waals surface area contributed by atoms with E-state index in [1.165, 1.54) is 22.3 Å². The molecule has 24 heavy (non-hydrogen) atoms. The summed E-state index contributed by atoms with van der Waals surface area (Å²) >= 11 is 0. The molecule has 2 unspecified atom stereocenters.